The fourth-order valence-electron chi connectivity index (χ4n) is 1.04. The minimum atomic E-state index is -2.38. The maximum absolute atomic E-state index is 13.6. The highest BCUT2D eigenvalue weighted by molar-refractivity contribution is 5.78. The Morgan fingerprint density at radius 2 is 2.21 bits per heavy atom. The summed E-state index contributed by atoms with van der Waals surface area (Å²) in [5, 5.41) is 8.64. The number of benzene rings is 1. The van der Waals surface area contributed by atoms with Crippen LogP contribution in [0.2, 0.25) is 0 Å². The predicted octanol–water partition coefficient (Wildman–Crippen LogP) is 1.96. The number of ether oxygens (including phenoxy) is 1. The third-order valence-corrected chi connectivity index (χ3v) is 2.01. The van der Waals surface area contributed by atoms with Gasteiger partial charge >= 0.3 is 5.97 Å². The summed E-state index contributed by atoms with van der Waals surface area (Å²) < 4.78 is 18.5. The minimum Gasteiger partial charge on any atom is -0.497 e. The average Bonchev–Trinajstić information content (AvgIpc) is 2.17. The molecule has 1 N–H and O–H groups in total. The molecule has 0 bridgehead atoms. The van der Waals surface area contributed by atoms with Gasteiger partial charge in [0.2, 0.25) is 5.67 Å². The number of carboxylic acids is 1. The molecule has 1 rings (SSSR count). The Hall–Kier alpha value is -1.58. The number of alkyl halides is 1. The van der Waals surface area contributed by atoms with Gasteiger partial charge in [0.1, 0.15) is 5.75 Å². The van der Waals surface area contributed by atoms with Crippen LogP contribution in [0.15, 0.2) is 24.3 Å². The van der Waals surface area contributed by atoms with Crippen molar-refractivity contribution in [3.63, 3.8) is 0 Å². The monoisotopic (exact) mass is 198 g/mol. The summed E-state index contributed by atoms with van der Waals surface area (Å²) in [7, 11) is 1.44. The van der Waals surface area contributed by atoms with Crippen LogP contribution in [0.3, 0.4) is 0 Å². The van der Waals surface area contributed by atoms with Crippen molar-refractivity contribution in [1.82, 2.24) is 0 Å². The lowest BCUT2D eigenvalue weighted by Crippen LogP contribution is -2.26. The van der Waals surface area contributed by atoms with E-state index >= 15 is 0 Å². The van der Waals surface area contributed by atoms with Crippen LogP contribution in [-0.4, -0.2) is 18.2 Å². The van der Waals surface area contributed by atoms with Crippen molar-refractivity contribution in [2.24, 2.45) is 0 Å². The first-order valence-corrected chi connectivity index (χ1v) is 4.05. The number of hydrogen-bond donors (Lipinski definition) is 1. The zero-order valence-corrected chi connectivity index (χ0v) is 7.95. The second kappa shape index (κ2) is 3.65. The summed E-state index contributed by atoms with van der Waals surface area (Å²) in [6.07, 6.45) is 0. The summed E-state index contributed by atoms with van der Waals surface area (Å²) in [6.45, 7) is 1.00. The Morgan fingerprint density at radius 1 is 1.57 bits per heavy atom. The Morgan fingerprint density at radius 3 is 2.71 bits per heavy atom. The van der Waals surface area contributed by atoms with E-state index in [-0.39, 0.29) is 5.56 Å². The third kappa shape index (κ3) is 1.84. The molecule has 0 aliphatic carbocycles. The van der Waals surface area contributed by atoms with E-state index in [1.54, 1.807) is 12.1 Å². The maximum Gasteiger partial charge on any atom is 0.345 e. The smallest absolute Gasteiger partial charge is 0.345 e. The normalized spacial score (nSPS) is 14.5. The summed E-state index contributed by atoms with van der Waals surface area (Å²) >= 11 is 0. The zero-order valence-electron chi connectivity index (χ0n) is 7.95. The molecule has 0 saturated carbocycles. The molecule has 0 saturated heterocycles. The summed E-state index contributed by atoms with van der Waals surface area (Å²) in [5.74, 6) is -1.07. The van der Waals surface area contributed by atoms with Gasteiger partial charge in [-0.05, 0) is 19.1 Å². The number of aliphatic carboxylic acids is 1. The van der Waals surface area contributed by atoms with Gasteiger partial charge in [-0.25, -0.2) is 9.18 Å². The number of methoxy groups -OCH3 is 1. The van der Waals surface area contributed by atoms with Crippen molar-refractivity contribution in [2.75, 3.05) is 7.11 Å². The zero-order chi connectivity index (χ0) is 10.8. The fraction of sp³-hybridized carbons (Fsp3) is 0.300. The van der Waals surface area contributed by atoms with Gasteiger partial charge in [0, 0.05) is 5.56 Å². The van der Waals surface area contributed by atoms with Crippen molar-refractivity contribution in [3.8, 4) is 5.75 Å². The SMILES string of the molecule is COc1cccc(C(C)(F)C(=O)O)c1. The van der Waals surface area contributed by atoms with E-state index in [1.807, 2.05) is 0 Å². The van der Waals surface area contributed by atoms with Crippen molar-refractivity contribution in [1.29, 1.82) is 0 Å². The van der Waals surface area contributed by atoms with Gasteiger partial charge in [0.25, 0.3) is 0 Å². The Balaban J connectivity index is 3.12. The van der Waals surface area contributed by atoms with Gasteiger partial charge in [0.15, 0.2) is 0 Å². The van der Waals surface area contributed by atoms with Crippen LogP contribution in [0, 0.1) is 0 Å². The average molecular weight is 198 g/mol. The van der Waals surface area contributed by atoms with Crippen molar-refractivity contribution in [2.45, 2.75) is 12.6 Å². The second-order valence-corrected chi connectivity index (χ2v) is 3.04. The highest BCUT2D eigenvalue weighted by Crippen LogP contribution is 2.28. The van der Waals surface area contributed by atoms with E-state index in [0.717, 1.165) is 6.92 Å². The molecular weight excluding hydrogens is 187 g/mol. The van der Waals surface area contributed by atoms with Crippen molar-refractivity contribution < 1.29 is 19.0 Å². The molecule has 1 atom stereocenters. The fourth-order valence-corrected chi connectivity index (χ4v) is 1.04. The topological polar surface area (TPSA) is 46.5 Å². The lowest BCUT2D eigenvalue weighted by atomic mass is 9.98. The highest BCUT2D eigenvalue weighted by Gasteiger charge is 2.35. The molecule has 3 nitrogen and oxygen atoms in total. The van der Waals surface area contributed by atoms with Gasteiger partial charge in [0.05, 0.1) is 7.11 Å². The van der Waals surface area contributed by atoms with E-state index in [4.69, 9.17) is 9.84 Å². The molecule has 14 heavy (non-hydrogen) atoms. The Bertz CT molecular complexity index is 347. The molecule has 0 aliphatic rings. The lowest BCUT2D eigenvalue weighted by Gasteiger charge is -2.15. The number of carbonyl (C=O) groups is 1. The van der Waals surface area contributed by atoms with Crippen LogP contribution in [0.25, 0.3) is 0 Å². The number of carboxylic acid groups (broad SMARTS) is 1. The molecular formula is C10H11FO3. The summed E-state index contributed by atoms with van der Waals surface area (Å²) in [4.78, 5) is 10.6. The molecule has 0 spiro atoms. The van der Waals surface area contributed by atoms with Gasteiger partial charge < -0.3 is 9.84 Å². The van der Waals surface area contributed by atoms with Crippen LogP contribution in [-0.2, 0) is 10.5 Å². The quantitative estimate of drug-likeness (QED) is 0.807. The van der Waals surface area contributed by atoms with Crippen molar-refractivity contribution >= 4 is 5.97 Å². The van der Waals surface area contributed by atoms with Crippen LogP contribution in [0.1, 0.15) is 12.5 Å². The van der Waals surface area contributed by atoms with Crippen molar-refractivity contribution in [3.05, 3.63) is 29.8 Å². The molecule has 1 aromatic carbocycles. The largest absolute Gasteiger partial charge is 0.497 e. The van der Waals surface area contributed by atoms with Crippen LogP contribution >= 0.6 is 0 Å². The third-order valence-electron chi connectivity index (χ3n) is 2.01. The minimum absolute atomic E-state index is 0.0735. The van der Waals surface area contributed by atoms with E-state index in [0.29, 0.717) is 5.75 Å². The number of halogens is 1. The van der Waals surface area contributed by atoms with E-state index < -0.39 is 11.6 Å². The first-order chi connectivity index (χ1) is 6.48. The molecule has 0 aromatic heterocycles. The van der Waals surface area contributed by atoms with E-state index in [1.165, 1.54) is 19.2 Å². The van der Waals surface area contributed by atoms with Crippen LogP contribution in [0.5, 0.6) is 5.75 Å². The molecule has 0 aliphatic heterocycles. The molecule has 76 valence electrons. The van der Waals surface area contributed by atoms with Gasteiger partial charge in [-0.1, -0.05) is 12.1 Å². The van der Waals surface area contributed by atoms with Crippen LogP contribution in [0.4, 0.5) is 4.39 Å². The number of hydrogen-bond acceptors (Lipinski definition) is 2. The number of rotatable bonds is 3. The molecule has 0 radical (unpaired) electrons. The lowest BCUT2D eigenvalue weighted by molar-refractivity contribution is -0.150. The van der Waals surface area contributed by atoms with Crippen LogP contribution < -0.4 is 4.74 Å². The van der Waals surface area contributed by atoms with Gasteiger partial charge in [-0.2, -0.15) is 0 Å². The van der Waals surface area contributed by atoms with E-state index in [9.17, 15) is 9.18 Å². The molecule has 1 aromatic rings. The Kier molecular flexibility index (Phi) is 2.74. The summed E-state index contributed by atoms with van der Waals surface area (Å²) in [5.41, 5.74) is -2.31. The first-order valence-electron chi connectivity index (χ1n) is 4.05. The highest BCUT2D eigenvalue weighted by atomic mass is 19.1. The van der Waals surface area contributed by atoms with E-state index in [2.05, 4.69) is 0 Å². The standard InChI is InChI=1S/C10H11FO3/c1-10(11,9(12)13)7-4-3-5-8(6-7)14-2/h3-6H,1-2H3,(H,12,13). The molecule has 0 amide bonds. The molecule has 0 fully saturated rings. The molecule has 4 heteroatoms. The second-order valence-electron chi connectivity index (χ2n) is 3.04. The predicted molar refractivity (Wildman–Crippen MR) is 49.1 cm³/mol. The van der Waals surface area contributed by atoms with Gasteiger partial charge in [-0.3, -0.25) is 0 Å². The summed E-state index contributed by atoms with van der Waals surface area (Å²) in [6, 6.07) is 5.96. The maximum atomic E-state index is 13.6. The van der Waals surface area contributed by atoms with Gasteiger partial charge in [-0.15, -0.1) is 0 Å². The Labute approximate surface area is 81.1 Å². The molecule has 0 heterocycles. The molecule has 1 unspecified atom stereocenters. The first kappa shape index (κ1) is 10.5.